The molecular weight excluding hydrogens is 466 g/mol. The Balaban J connectivity index is 1.62. The zero-order valence-electron chi connectivity index (χ0n) is 19.7. The van der Waals surface area contributed by atoms with E-state index in [2.05, 4.69) is 20.3 Å². The first-order chi connectivity index (χ1) is 17.5. The number of methoxy groups -OCH3 is 2. The maximum Gasteiger partial charge on any atom is 0.183 e. The minimum absolute atomic E-state index is 0.104. The van der Waals surface area contributed by atoms with Crippen molar-refractivity contribution in [3.05, 3.63) is 84.3 Å². The summed E-state index contributed by atoms with van der Waals surface area (Å²) in [6.07, 6.45) is 4.86. The van der Waals surface area contributed by atoms with Gasteiger partial charge in [0.25, 0.3) is 0 Å². The van der Waals surface area contributed by atoms with Gasteiger partial charge in [0.2, 0.25) is 0 Å². The minimum Gasteiger partial charge on any atom is -0.497 e. The van der Waals surface area contributed by atoms with Crippen LogP contribution in [0.1, 0.15) is 18.5 Å². The Morgan fingerprint density at radius 2 is 1.69 bits per heavy atom. The Bertz CT molecular complexity index is 1520. The average Bonchev–Trinajstić information content (AvgIpc) is 3.28. The number of benzene rings is 2. The summed E-state index contributed by atoms with van der Waals surface area (Å²) in [4.78, 5) is 13.1. The standard InChI is InChI=1S/C26H22F2N6O2/c1-15(23-19(27)12-17(35-2)13-20(23)28)34-21-7-5-4-6-18(21)24(33-34)26-30-14-22(36-3)25(32-26)31-16-8-10-29-11-9-16/h4-15H,1-3H3,(H,29,30,31,32). The molecule has 0 amide bonds. The number of nitrogens with zero attached hydrogens (tertiary/aromatic N) is 5. The zero-order chi connectivity index (χ0) is 25.2. The monoisotopic (exact) mass is 488 g/mol. The number of hydrogen-bond acceptors (Lipinski definition) is 7. The number of fused-ring (bicyclic) bond motifs is 1. The summed E-state index contributed by atoms with van der Waals surface area (Å²) in [5.74, 6) is -0.129. The highest BCUT2D eigenvalue weighted by Crippen LogP contribution is 2.34. The number of para-hydroxylation sites is 1. The van der Waals surface area contributed by atoms with Crippen LogP contribution in [0, 0.1) is 11.6 Å². The molecule has 0 saturated carbocycles. The summed E-state index contributed by atoms with van der Waals surface area (Å²) >= 11 is 0. The number of rotatable bonds is 7. The normalized spacial score (nSPS) is 11.9. The van der Waals surface area contributed by atoms with Crippen LogP contribution in [0.5, 0.6) is 11.5 Å². The number of aromatic nitrogens is 5. The van der Waals surface area contributed by atoms with Crippen LogP contribution < -0.4 is 14.8 Å². The van der Waals surface area contributed by atoms with Crippen LogP contribution in [0.3, 0.4) is 0 Å². The smallest absolute Gasteiger partial charge is 0.183 e. The van der Waals surface area contributed by atoms with Crippen LogP contribution >= 0.6 is 0 Å². The molecule has 1 unspecified atom stereocenters. The molecule has 0 aliphatic heterocycles. The lowest BCUT2D eigenvalue weighted by Gasteiger charge is -2.16. The van der Waals surface area contributed by atoms with Crippen LogP contribution in [0.2, 0.25) is 0 Å². The number of ether oxygens (including phenoxy) is 2. The van der Waals surface area contributed by atoms with E-state index in [-0.39, 0.29) is 11.3 Å². The summed E-state index contributed by atoms with van der Waals surface area (Å²) < 4.78 is 41.8. The van der Waals surface area contributed by atoms with Gasteiger partial charge in [0.05, 0.1) is 32.0 Å². The number of hydrogen-bond donors (Lipinski definition) is 1. The van der Waals surface area contributed by atoms with Crippen LogP contribution in [0.25, 0.3) is 22.4 Å². The van der Waals surface area contributed by atoms with Crippen LogP contribution in [0.15, 0.2) is 67.1 Å². The Hall–Kier alpha value is -4.60. The van der Waals surface area contributed by atoms with Gasteiger partial charge in [-0.05, 0) is 25.1 Å². The Morgan fingerprint density at radius 3 is 2.39 bits per heavy atom. The molecule has 3 heterocycles. The molecule has 0 spiro atoms. The van der Waals surface area contributed by atoms with Crippen molar-refractivity contribution in [2.75, 3.05) is 19.5 Å². The lowest BCUT2D eigenvalue weighted by molar-refractivity contribution is 0.402. The van der Waals surface area contributed by atoms with E-state index < -0.39 is 17.7 Å². The van der Waals surface area contributed by atoms with E-state index in [0.717, 1.165) is 23.2 Å². The quantitative estimate of drug-likeness (QED) is 0.322. The molecule has 1 N–H and O–H groups in total. The molecular formula is C26H22F2N6O2. The number of halogens is 2. The van der Waals surface area contributed by atoms with Crippen molar-refractivity contribution in [1.82, 2.24) is 24.7 Å². The van der Waals surface area contributed by atoms with Gasteiger partial charge in [-0.2, -0.15) is 5.10 Å². The first kappa shape index (κ1) is 23.2. The maximum atomic E-state index is 14.9. The molecule has 10 heteroatoms. The average molecular weight is 488 g/mol. The first-order valence-corrected chi connectivity index (χ1v) is 11.1. The van der Waals surface area contributed by atoms with Gasteiger partial charge >= 0.3 is 0 Å². The molecule has 5 rings (SSSR count). The van der Waals surface area contributed by atoms with E-state index in [4.69, 9.17) is 14.6 Å². The highest BCUT2D eigenvalue weighted by molar-refractivity contribution is 5.92. The molecule has 0 radical (unpaired) electrons. The third-order valence-corrected chi connectivity index (χ3v) is 5.82. The first-order valence-electron chi connectivity index (χ1n) is 11.1. The largest absolute Gasteiger partial charge is 0.497 e. The minimum atomic E-state index is -0.762. The molecule has 0 aliphatic rings. The molecule has 36 heavy (non-hydrogen) atoms. The second-order valence-electron chi connectivity index (χ2n) is 7.96. The van der Waals surface area contributed by atoms with Crippen LogP contribution in [0.4, 0.5) is 20.3 Å². The maximum absolute atomic E-state index is 14.9. The van der Waals surface area contributed by atoms with Gasteiger partial charge in [-0.15, -0.1) is 0 Å². The van der Waals surface area contributed by atoms with Crippen LogP contribution in [-0.2, 0) is 0 Å². The summed E-state index contributed by atoms with van der Waals surface area (Å²) in [5.41, 5.74) is 1.79. The molecule has 0 aliphatic carbocycles. The van der Waals surface area contributed by atoms with Crippen molar-refractivity contribution in [1.29, 1.82) is 0 Å². The number of anilines is 2. The fourth-order valence-corrected chi connectivity index (χ4v) is 4.05. The van der Waals surface area contributed by atoms with Crippen molar-refractivity contribution >= 4 is 22.4 Å². The van der Waals surface area contributed by atoms with E-state index in [1.54, 1.807) is 42.3 Å². The molecule has 0 fully saturated rings. The fraction of sp³-hybridized carbons (Fsp3) is 0.154. The number of nitrogens with one attached hydrogen (secondary N) is 1. The van der Waals surface area contributed by atoms with Crippen molar-refractivity contribution in [3.8, 4) is 23.0 Å². The lowest BCUT2D eigenvalue weighted by atomic mass is 10.1. The van der Waals surface area contributed by atoms with E-state index in [9.17, 15) is 8.78 Å². The predicted molar refractivity (Wildman–Crippen MR) is 132 cm³/mol. The SMILES string of the molecule is COc1cc(F)c(C(C)n2nc(-c3ncc(OC)c(Nc4ccncc4)n3)c3ccccc32)c(F)c1. The van der Waals surface area contributed by atoms with Gasteiger partial charge < -0.3 is 14.8 Å². The summed E-state index contributed by atoms with van der Waals surface area (Å²) in [5, 5.41) is 8.65. The second-order valence-corrected chi connectivity index (χ2v) is 7.96. The zero-order valence-corrected chi connectivity index (χ0v) is 19.7. The van der Waals surface area contributed by atoms with Gasteiger partial charge in [0.15, 0.2) is 17.4 Å². The van der Waals surface area contributed by atoms with Gasteiger partial charge in [-0.25, -0.2) is 18.7 Å². The molecule has 0 saturated heterocycles. The predicted octanol–water partition coefficient (Wildman–Crippen LogP) is 5.54. The third-order valence-electron chi connectivity index (χ3n) is 5.82. The van der Waals surface area contributed by atoms with Crippen LogP contribution in [-0.4, -0.2) is 39.0 Å². The lowest BCUT2D eigenvalue weighted by Crippen LogP contribution is -2.13. The second kappa shape index (κ2) is 9.57. The highest BCUT2D eigenvalue weighted by Gasteiger charge is 2.24. The molecule has 1 atom stereocenters. The molecule has 2 aromatic carbocycles. The van der Waals surface area contributed by atoms with E-state index >= 15 is 0 Å². The van der Waals surface area contributed by atoms with Crippen molar-refractivity contribution in [2.24, 2.45) is 0 Å². The summed E-state index contributed by atoms with van der Waals surface area (Å²) in [6.45, 7) is 1.68. The Labute approximate surface area is 205 Å². The van der Waals surface area contributed by atoms with E-state index in [1.165, 1.54) is 14.2 Å². The van der Waals surface area contributed by atoms with Gasteiger partial charge in [0, 0.05) is 41.2 Å². The molecule has 8 nitrogen and oxygen atoms in total. The Kier molecular flexibility index (Phi) is 6.16. The topological polar surface area (TPSA) is 87.0 Å². The molecule has 0 bridgehead atoms. The highest BCUT2D eigenvalue weighted by atomic mass is 19.1. The van der Waals surface area contributed by atoms with Crippen molar-refractivity contribution in [3.63, 3.8) is 0 Å². The van der Waals surface area contributed by atoms with Crippen molar-refractivity contribution < 1.29 is 18.3 Å². The van der Waals surface area contributed by atoms with Gasteiger partial charge in [0.1, 0.15) is 23.1 Å². The summed E-state index contributed by atoms with van der Waals surface area (Å²) in [6, 6.07) is 12.5. The Morgan fingerprint density at radius 1 is 0.972 bits per heavy atom. The number of pyridine rings is 1. The van der Waals surface area contributed by atoms with Gasteiger partial charge in [-0.3, -0.25) is 9.67 Å². The third kappa shape index (κ3) is 4.17. The molecule has 5 aromatic rings. The summed E-state index contributed by atoms with van der Waals surface area (Å²) in [7, 11) is 2.89. The fourth-order valence-electron chi connectivity index (χ4n) is 4.05. The van der Waals surface area contributed by atoms with Crippen molar-refractivity contribution in [2.45, 2.75) is 13.0 Å². The molecule has 3 aromatic heterocycles. The van der Waals surface area contributed by atoms with E-state index in [1.807, 2.05) is 24.3 Å². The van der Waals surface area contributed by atoms with Gasteiger partial charge in [-0.1, -0.05) is 18.2 Å². The molecule has 182 valence electrons. The van der Waals surface area contributed by atoms with E-state index in [0.29, 0.717) is 28.6 Å².